The molecule has 2 rings (SSSR count). The summed E-state index contributed by atoms with van der Waals surface area (Å²) in [4.78, 5) is 35.4. The van der Waals surface area contributed by atoms with E-state index in [-0.39, 0.29) is 24.2 Å². The van der Waals surface area contributed by atoms with Crippen molar-refractivity contribution in [2.45, 2.75) is 19.8 Å². The van der Waals surface area contributed by atoms with Gasteiger partial charge in [-0.05, 0) is 49.2 Å². The molecule has 8 nitrogen and oxygen atoms in total. The first-order valence-electron chi connectivity index (χ1n) is 9.65. The van der Waals surface area contributed by atoms with Crippen molar-refractivity contribution in [3.05, 3.63) is 59.7 Å². The van der Waals surface area contributed by atoms with Crippen molar-refractivity contribution in [2.24, 2.45) is 0 Å². The molecule has 0 saturated heterocycles. The number of amides is 2. The topological polar surface area (TPSA) is 103 Å². The SMILES string of the molecule is CCOC(=O)Oc1ccc(C(=O)NCCNC(=O)CCc2ccccc2OC)cc1. The molecule has 0 aliphatic rings. The number of rotatable bonds is 10. The fourth-order valence-corrected chi connectivity index (χ4v) is 2.64. The Bertz CT molecular complexity index is 851. The predicted octanol–water partition coefficient (Wildman–Crippen LogP) is 2.71. The van der Waals surface area contributed by atoms with E-state index in [0.717, 1.165) is 11.3 Å². The van der Waals surface area contributed by atoms with E-state index in [1.165, 1.54) is 24.3 Å². The van der Waals surface area contributed by atoms with E-state index >= 15 is 0 Å². The Morgan fingerprint density at radius 1 is 0.933 bits per heavy atom. The summed E-state index contributed by atoms with van der Waals surface area (Å²) in [5, 5.41) is 5.49. The fourth-order valence-electron chi connectivity index (χ4n) is 2.64. The number of benzene rings is 2. The van der Waals surface area contributed by atoms with Gasteiger partial charge in [0.2, 0.25) is 5.91 Å². The molecule has 0 radical (unpaired) electrons. The summed E-state index contributed by atoms with van der Waals surface area (Å²) in [6.45, 7) is 2.51. The highest BCUT2D eigenvalue weighted by molar-refractivity contribution is 5.94. The molecule has 2 aromatic rings. The number of carbonyl (C=O) groups excluding carboxylic acids is 3. The van der Waals surface area contributed by atoms with Crippen LogP contribution in [0.25, 0.3) is 0 Å². The van der Waals surface area contributed by atoms with Crippen LogP contribution in [0.4, 0.5) is 4.79 Å². The van der Waals surface area contributed by atoms with Gasteiger partial charge in [0.05, 0.1) is 13.7 Å². The number of para-hydroxylation sites is 1. The lowest BCUT2D eigenvalue weighted by Crippen LogP contribution is -2.34. The van der Waals surface area contributed by atoms with Gasteiger partial charge >= 0.3 is 6.16 Å². The van der Waals surface area contributed by atoms with Crippen molar-refractivity contribution in [3.63, 3.8) is 0 Å². The first kappa shape index (κ1) is 22.7. The van der Waals surface area contributed by atoms with E-state index in [2.05, 4.69) is 15.4 Å². The van der Waals surface area contributed by atoms with Gasteiger partial charge in [-0.3, -0.25) is 9.59 Å². The van der Waals surface area contributed by atoms with E-state index < -0.39 is 6.16 Å². The average molecular weight is 414 g/mol. The van der Waals surface area contributed by atoms with Gasteiger partial charge in [0.15, 0.2) is 0 Å². The van der Waals surface area contributed by atoms with Crippen LogP contribution in [0.5, 0.6) is 11.5 Å². The van der Waals surface area contributed by atoms with E-state index in [9.17, 15) is 14.4 Å². The summed E-state index contributed by atoms with van der Waals surface area (Å²) in [5.74, 6) is 0.653. The number of carbonyl (C=O) groups is 3. The molecule has 0 heterocycles. The van der Waals surface area contributed by atoms with Gasteiger partial charge in [-0.25, -0.2) is 4.79 Å². The lowest BCUT2D eigenvalue weighted by atomic mass is 10.1. The smallest absolute Gasteiger partial charge is 0.496 e. The fraction of sp³-hybridized carbons (Fsp3) is 0.318. The van der Waals surface area contributed by atoms with Gasteiger partial charge in [-0.1, -0.05) is 18.2 Å². The first-order valence-corrected chi connectivity index (χ1v) is 9.65. The third kappa shape index (κ3) is 7.46. The van der Waals surface area contributed by atoms with Gasteiger partial charge in [0.25, 0.3) is 5.91 Å². The first-order chi connectivity index (χ1) is 14.5. The molecule has 30 heavy (non-hydrogen) atoms. The number of nitrogens with one attached hydrogen (secondary N) is 2. The Hall–Kier alpha value is -3.55. The highest BCUT2D eigenvalue weighted by Crippen LogP contribution is 2.18. The number of ether oxygens (including phenoxy) is 3. The molecule has 2 aromatic carbocycles. The maximum Gasteiger partial charge on any atom is 0.513 e. The van der Waals surface area contributed by atoms with E-state index in [0.29, 0.717) is 31.5 Å². The summed E-state index contributed by atoms with van der Waals surface area (Å²) in [6.07, 6.45) is 0.106. The average Bonchev–Trinajstić information content (AvgIpc) is 2.76. The second-order valence-electron chi connectivity index (χ2n) is 6.23. The third-order valence-electron chi connectivity index (χ3n) is 4.13. The summed E-state index contributed by atoms with van der Waals surface area (Å²) in [5.41, 5.74) is 1.38. The van der Waals surface area contributed by atoms with Gasteiger partial charge in [0.1, 0.15) is 11.5 Å². The zero-order valence-electron chi connectivity index (χ0n) is 17.1. The van der Waals surface area contributed by atoms with E-state index in [1.807, 2.05) is 24.3 Å². The van der Waals surface area contributed by atoms with Crippen LogP contribution in [-0.4, -0.2) is 44.8 Å². The molecule has 2 N–H and O–H groups in total. The van der Waals surface area contributed by atoms with Crippen LogP contribution in [0, 0.1) is 0 Å². The molecular weight excluding hydrogens is 388 g/mol. The molecule has 0 bridgehead atoms. The third-order valence-corrected chi connectivity index (χ3v) is 4.13. The summed E-state index contributed by atoms with van der Waals surface area (Å²) in [6, 6.07) is 13.7. The Balaban J connectivity index is 1.67. The highest BCUT2D eigenvalue weighted by atomic mass is 16.7. The quantitative estimate of drug-likeness (QED) is 0.352. The van der Waals surface area contributed by atoms with E-state index in [4.69, 9.17) is 9.47 Å². The number of methoxy groups -OCH3 is 1. The van der Waals surface area contributed by atoms with Crippen LogP contribution in [-0.2, 0) is 16.0 Å². The Labute approximate surface area is 175 Å². The van der Waals surface area contributed by atoms with Crippen LogP contribution in [0.1, 0.15) is 29.3 Å². The molecule has 0 aliphatic heterocycles. The van der Waals surface area contributed by atoms with Crippen molar-refractivity contribution >= 4 is 18.0 Å². The van der Waals surface area contributed by atoms with Gasteiger partial charge in [-0.15, -0.1) is 0 Å². The summed E-state index contributed by atoms with van der Waals surface area (Å²) in [7, 11) is 1.60. The molecule has 0 atom stereocenters. The minimum atomic E-state index is -0.795. The monoisotopic (exact) mass is 414 g/mol. The lowest BCUT2D eigenvalue weighted by Gasteiger charge is -2.09. The maximum absolute atomic E-state index is 12.1. The van der Waals surface area contributed by atoms with Crippen molar-refractivity contribution in [2.75, 3.05) is 26.8 Å². The zero-order valence-corrected chi connectivity index (χ0v) is 17.1. The number of hydrogen-bond donors (Lipinski definition) is 2. The summed E-state index contributed by atoms with van der Waals surface area (Å²) >= 11 is 0. The Morgan fingerprint density at radius 2 is 1.63 bits per heavy atom. The number of hydrogen-bond acceptors (Lipinski definition) is 6. The molecule has 0 spiro atoms. The molecule has 0 fully saturated rings. The second-order valence-corrected chi connectivity index (χ2v) is 6.23. The largest absolute Gasteiger partial charge is 0.513 e. The normalized spacial score (nSPS) is 10.1. The second kappa shape index (κ2) is 12.1. The Kier molecular flexibility index (Phi) is 9.18. The van der Waals surface area contributed by atoms with Crippen molar-refractivity contribution in [1.82, 2.24) is 10.6 Å². The highest BCUT2D eigenvalue weighted by Gasteiger charge is 2.09. The van der Waals surface area contributed by atoms with Crippen LogP contribution in [0.3, 0.4) is 0 Å². The summed E-state index contributed by atoms with van der Waals surface area (Å²) < 4.78 is 14.9. The molecule has 0 aliphatic carbocycles. The van der Waals surface area contributed by atoms with Gasteiger partial charge < -0.3 is 24.8 Å². The van der Waals surface area contributed by atoms with Gasteiger partial charge in [-0.2, -0.15) is 0 Å². The van der Waals surface area contributed by atoms with Crippen LogP contribution in [0.15, 0.2) is 48.5 Å². The number of aryl methyl sites for hydroxylation is 1. The van der Waals surface area contributed by atoms with Crippen LogP contribution < -0.4 is 20.1 Å². The molecule has 2 amide bonds. The molecule has 0 saturated carbocycles. The predicted molar refractivity (Wildman–Crippen MR) is 111 cm³/mol. The van der Waals surface area contributed by atoms with Crippen molar-refractivity contribution in [1.29, 1.82) is 0 Å². The zero-order chi connectivity index (χ0) is 21.8. The van der Waals surface area contributed by atoms with Crippen molar-refractivity contribution in [3.8, 4) is 11.5 Å². The lowest BCUT2D eigenvalue weighted by molar-refractivity contribution is -0.121. The Morgan fingerprint density at radius 3 is 2.33 bits per heavy atom. The molecule has 160 valence electrons. The molecule has 0 unspecified atom stereocenters. The molecule has 0 aromatic heterocycles. The maximum atomic E-state index is 12.1. The van der Waals surface area contributed by atoms with E-state index in [1.54, 1.807) is 14.0 Å². The molecular formula is C22H26N2O6. The van der Waals surface area contributed by atoms with Crippen LogP contribution >= 0.6 is 0 Å². The minimum absolute atomic E-state index is 0.101. The standard InChI is InChI=1S/C22H26N2O6/c1-3-29-22(27)30-18-11-8-17(9-12-18)21(26)24-15-14-23-20(25)13-10-16-6-4-5-7-19(16)28-2/h4-9,11-12H,3,10,13-15H2,1-2H3,(H,23,25)(H,24,26). The van der Waals surface area contributed by atoms with Crippen LogP contribution in [0.2, 0.25) is 0 Å². The minimum Gasteiger partial charge on any atom is -0.496 e. The molecule has 8 heteroatoms. The van der Waals surface area contributed by atoms with Crippen molar-refractivity contribution < 1.29 is 28.6 Å². The van der Waals surface area contributed by atoms with Gasteiger partial charge in [0, 0.05) is 25.1 Å².